The number of hydrogen-bond acceptors (Lipinski definition) is 3. The van der Waals surface area contributed by atoms with Crippen molar-refractivity contribution in [2.45, 2.75) is 51.4 Å². The highest BCUT2D eigenvalue weighted by molar-refractivity contribution is 7.99. The van der Waals surface area contributed by atoms with Crippen LogP contribution in [0, 0.1) is 0 Å². The van der Waals surface area contributed by atoms with Crippen molar-refractivity contribution >= 4 is 46.8 Å². The maximum atomic E-state index is 13.2. The summed E-state index contributed by atoms with van der Waals surface area (Å²) in [6.07, 6.45) is 2.50. The zero-order valence-corrected chi connectivity index (χ0v) is 20.4. The zero-order valence-electron chi connectivity index (χ0n) is 18.1. The van der Waals surface area contributed by atoms with Crippen molar-refractivity contribution in [1.82, 2.24) is 10.2 Å². The molecule has 0 aromatic heterocycles. The van der Waals surface area contributed by atoms with E-state index in [1.165, 1.54) is 11.8 Å². The van der Waals surface area contributed by atoms with Gasteiger partial charge in [-0.1, -0.05) is 79.9 Å². The number of carbonyl (C=O) groups is 2. The van der Waals surface area contributed by atoms with Crippen LogP contribution < -0.4 is 5.32 Å². The number of rotatable bonds is 12. The molecule has 1 N–H and O–H groups in total. The Bertz CT molecular complexity index is 849. The molecule has 31 heavy (non-hydrogen) atoms. The van der Waals surface area contributed by atoms with Crippen LogP contribution in [0.15, 0.2) is 48.5 Å². The lowest BCUT2D eigenvalue weighted by Gasteiger charge is -2.30. The Labute approximate surface area is 199 Å². The van der Waals surface area contributed by atoms with Gasteiger partial charge in [0.05, 0.1) is 15.8 Å². The fraction of sp³-hybridized carbons (Fsp3) is 0.417. The van der Waals surface area contributed by atoms with Crippen LogP contribution in [0.25, 0.3) is 0 Å². The van der Waals surface area contributed by atoms with Crippen LogP contribution in [0.3, 0.4) is 0 Å². The summed E-state index contributed by atoms with van der Waals surface area (Å²) in [6, 6.07) is 14.8. The molecule has 0 saturated carbocycles. The Hall–Kier alpha value is -1.69. The van der Waals surface area contributed by atoms with Gasteiger partial charge in [-0.15, -0.1) is 11.8 Å². The van der Waals surface area contributed by atoms with Gasteiger partial charge < -0.3 is 10.2 Å². The van der Waals surface area contributed by atoms with Crippen LogP contribution in [0.5, 0.6) is 0 Å². The van der Waals surface area contributed by atoms with E-state index < -0.39 is 6.04 Å². The van der Waals surface area contributed by atoms with Crippen LogP contribution in [0.2, 0.25) is 10.0 Å². The van der Waals surface area contributed by atoms with Crippen LogP contribution in [0.4, 0.5) is 0 Å². The van der Waals surface area contributed by atoms with E-state index in [9.17, 15) is 9.59 Å². The number of benzene rings is 2. The van der Waals surface area contributed by atoms with Gasteiger partial charge in [0.2, 0.25) is 11.8 Å². The van der Waals surface area contributed by atoms with Crippen molar-refractivity contribution in [3.05, 3.63) is 69.7 Å². The molecule has 0 radical (unpaired) electrons. The molecule has 0 bridgehead atoms. The minimum absolute atomic E-state index is 0.0496. The molecule has 0 saturated heterocycles. The van der Waals surface area contributed by atoms with Gasteiger partial charge in [0.15, 0.2) is 0 Å². The summed E-state index contributed by atoms with van der Waals surface area (Å²) in [5.74, 6) is 0.786. The first kappa shape index (κ1) is 25.6. The number of halogens is 2. The average molecular weight is 481 g/mol. The largest absolute Gasteiger partial charge is 0.354 e. The molecule has 1 atom stereocenters. The molecule has 2 amide bonds. The van der Waals surface area contributed by atoms with E-state index in [-0.39, 0.29) is 17.6 Å². The van der Waals surface area contributed by atoms with E-state index >= 15 is 0 Å². The maximum Gasteiger partial charge on any atom is 0.242 e. The lowest BCUT2D eigenvalue weighted by molar-refractivity contribution is -0.139. The highest BCUT2D eigenvalue weighted by Crippen LogP contribution is 2.25. The predicted octanol–water partition coefficient (Wildman–Crippen LogP) is 5.95. The number of hydrogen-bond donors (Lipinski definition) is 1. The summed E-state index contributed by atoms with van der Waals surface area (Å²) < 4.78 is 0. The monoisotopic (exact) mass is 480 g/mol. The molecule has 2 aromatic rings. The molecule has 168 valence electrons. The third-order valence-electron chi connectivity index (χ3n) is 4.89. The average Bonchev–Trinajstić information content (AvgIpc) is 2.77. The third kappa shape index (κ3) is 8.40. The summed E-state index contributed by atoms with van der Waals surface area (Å²) in [4.78, 5) is 27.7. The van der Waals surface area contributed by atoms with E-state index in [1.54, 1.807) is 11.0 Å². The Kier molecular flexibility index (Phi) is 11.3. The lowest BCUT2D eigenvalue weighted by Crippen LogP contribution is -2.49. The molecule has 7 heteroatoms. The summed E-state index contributed by atoms with van der Waals surface area (Å²) in [6.45, 7) is 5.07. The first-order valence-electron chi connectivity index (χ1n) is 10.6. The molecule has 0 aliphatic rings. The Morgan fingerprint density at radius 3 is 2.42 bits per heavy atom. The topological polar surface area (TPSA) is 49.4 Å². The smallest absolute Gasteiger partial charge is 0.242 e. The summed E-state index contributed by atoms with van der Waals surface area (Å²) in [5, 5.41) is 4.00. The fourth-order valence-corrected chi connectivity index (χ4v) is 4.35. The molecule has 4 nitrogen and oxygen atoms in total. The molecule has 0 aliphatic carbocycles. The van der Waals surface area contributed by atoms with Crippen molar-refractivity contribution in [2.24, 2.45) is 0 Å². The summed E-state index contributed by atoms with van der Waals surface area (Å²) in [7, 11) is 0. The lowest BCUT2D eigenvalue weighted by atomic mass is 10.1. The van der Waals surface area contributed by atoms with Gasteiger partial charge in [0.25, 0.3) is 0 Å². The van der Waals surface area contributed by atoms with E-state index in [0.29, 0.717) is 35.3 Å². The van der Waals surface area contributed by atoms with Crippen LogP contribution in [0.1, 0.15) is 44.2 Å². The second-order valence-electron chi connectivity index (χ2n) is 7.32. The second kappa shape index (κ2) is 13.7. The van der Waals surface area contributed by atoms with Gasteiger partial charge >= 0.3 is 0 Å². The van der Waals surface area contributed by atoms with Crippen molar-refractivity contribution in [3.63, 3.8) is 0 Å². The minimum Gasteiger partial charge on any atom is -0.354 e. The van der Waals surface area contributed by atoms with Crippen molar-refractivity contribution in [3.8, 4) is 0 Å². The first-order valence-corrected chi connectivity index (χ1v) is 12.5. The molecule has 0 aliphatic heterocycles. The molecular weight excluding hydrogens is 451 g/mol. The molecule has 0 spiro atoms. The molecule has 2 rings (SSSR count). The van der Waals surface area contributed by atoms with Crippen LogP contribution in [-0.2, 0) is 21.9 Å². The molecule has 0 fully saturated rings. The number of nitrogens with zero attached hydrogens (tertiary/aromatic N) is 1. The van der Waals surface area contributed by atoms with Crippen molar-refractivity contribution in [2.75, 3.05) is 12.3 Å². The van der Waals surface area contributed by atoms with Gasteiger partial charge in [-0.2, -0.15) is 0 Å². The third-order valence-corrected chi connectivity index (χ3v) is 6.62. The number of amides is 2. The SMILES string of the molecule is CCCCNC(=O)[C@H](CC)N(Cc1ccccc1)C(=O)CSCc1ccc(Cl)c(Cl)c1. The zero-order chi connectivity index (χ0) is 22.6. The van der Waals surface area contributed by atoms with Crippen molar-refractivity contribution in [1.29, 1.82) is 0 Å². The highest BCUT2D eigenvalue weighted by atomic mass is 35.5. The summed E-state index contributed by atoms with van der Waals surface area (Å²) in [5.41, 5.74) is 2.01. The normalized spacial score (nSPS) is 11.7. The fourth-order valence-electron chi connectivity index (χ4n) is 3.17. The number of nitrogens with one attached hydrogen (secondary N) is 1. The number of carbonyl (C=O) groups excluding carboxylic acids is 2. The molecule has 2 aromatic carbocycles. The number of unbranched alkanes of at least 4 members (excludes halogenated alkanes) is 1. The first-order chi connectivity index (χ1) is 15.0. The Balaban J connectivity index is 2.07. The van der Waals surface area contributed by atoms with Crippen LogP contribution in [-0.4, -0.2) is 35.1 Å². The van der Waals surface area contributed by atoms with E-state index in [2.05, 4.69) is 12.2 Å². The van der Waals surface area contributed by atoms with Crippen molar-refractivity contribution < 1.29 is 9.59 Å². The quantitative estimate of drug-likeness (QED) is 0.381. The van der Waals surface area contributed by atoms with E-state index in [4.69, 9.17) is 23.2 Å². The molecule has 0 heterocycles. The Morgan fingerprint density at radius 1 is 1.03 bits per heavy atom. The number of thioether (sulfide) groups is 1. The predicted molar refractivity (Wildman–Crippen MR) is 132 cm³/mol. The maximum absolute atomic E-state index is 13.2. The molecule has 0 unspecified atom stereocenters. The minimum atomic E-state index is -0.491. The second-order valence-corrected chi connectivity index (χ2v) is 9.12. The van der Waals surface area contributed by atoms with Gasteiger partial charge in [-0.05, 0) is 36.1 Å². The Morgan fingerprint density at radius 2 is 1.77 bits per heavy atom. The highest BCUT2D eigenvalue weighted by Gasteiger charge is 2.28. The molecular formula is C24H30Cl2N2O2S. The van der Waals surface area contributed by atoms with Gasteiger partial charge in [-0.25, -0.2) is 0 Å². The summed E-state index contributed by atoms with van der Waals surface area (Å²) >= 11 is 13.6. The standard InChI is InChI=1S/C24H30Cl2N2O2S/c1-3-5-13-27-24(30)22(4-2)28(15-18-9-7-6-8-10-18)23(29)17-31-16-19-11-12-20(25)21(26)14-19/h6-12,14,22H,3-5,13,15-17H2,1-2H3,(H,27,30)/t22-/m0/s1. The van der Waals surface area contributed by atoms with Crippen LogP contribution >= 0.6 is 35.0 Å². The van der Waals surface area contributed by atoms with E-state index in [1.807, 2.05) is 49.4 Å². The van der Waals surface area contributed by atoms with E-state index in [0.717, 1.165) is 24.0 Å². The van der Waals surface area contributed by atoms with Gasteiger partial charge in [0.1, 0.15) is 6.04 Å². The van der Waals surface area contributed by atoms with Gasteiger partial charge in [0, 0.05) is 18.8 Å². The van der Waals surface area contributed by atoms with Gasteiger partial charge in [-0.3, -0.25) is 9.59 Å².